The van der Waals surface area contributed by atoms with E-state index in [0.29, 0.717) is 69.2 Å². The van der Waals surface area contributed by atoms with Gasteiger partial charge in [-0.2, -0.15) is 0 Å². The van der Waals surface area contributed by atoms with Crippen LogP contribution in [-0.4, -0.2) is 291 Å². The number of aromatic hydroxyl groups is 1. The Morgan fingerprint density at radius 2 is 0.805 bits per heavy atom. The van der Waals surface area contributed by atoms with Gasteiger partial charge >= 0.3 is 0 Å². The van der Waals surface area contributed by atoms with Gasteiger partial charge in [0, 0.05) is 137 Å². The van der Waals surface area contributed by atoms with Gasteiger partial charge in [0.15, 0.2) is 40.1 Å². The molecule has 0 bridgehead atoms. The Morgan fingerprint density at radius 3 is 1.06 bits per heavy atom. The molecule has 0 aliphatic heterocycles. The maximum Gasteiger partial charge on any atom is 0.181 e. The highest BCUT2D eigenvalue weighted by Crippen LogP contribution is 2.24. The highest BCUT2D eigenvalue weighted by molar-refractivity contribution is 7.91. The molecule has 0 saturated heterocycles. The SMILES string of the molecule is CCC.CCCOC.CCN(C)C.CCN(CC)CC.CCO.CC[N+](C)(C)CCOC.CC[N+](C)(C)CCOC.CC[n+]1ccc(OCCOC)cc1.CC[n+]1ccc(OCCOC)cc1.CCc1ccc(OCCOC)cc1O.COCCOc1ccncc1.COCCS(=O)(=O)c1ccc(C)cc1.O=c1cc[nH]cc1. The Labute approximate surface area is 687 Å². The van der Waals surface area contributed by atoms with Crippen LogP contribution in [0, 0.1) is 6.92 Å². The van der Waals surface area contributed by atoms with Crippen LogP contribution in [0.15, 0.2) is 150 Å². The van der Waals surface area contributed by atoms with Gasteiger partial charge in [-0.15, -0.1) is 0 Å². The number of rotatable bonds is 37. The highest BCUT2D eigenvalue weighted by atomic mass is 32.2. The van der Waals surface area contributed by atoms with Crippen molar-refractivity contribution >= 4 is 9.84 Å². The molecule has 25 nitrogen and oxygen atoms in total. The predicted octanol–water partition coefficient (Wildman–Crippen LogP) is 12.7. The zero-order valence-electron chi connectivity index (χ0n) is 75.9. The molecule has 6 rings (SSSR count). The number of quaternary nitrogens is 2. The van der Waals surface area contributed by atoms with Gasteiger partial charge in [-0.1, -0.05) is 85.6 Å². The number of sulfone groups is 1. The van der Waals surface area contributed by atoms with E-state index in [9.17, 15) is 18.3 Å². The third-order valence-electron chi connectivity index (χ3n) is 15.3. The van der Waals surface area contributed by atoms with Crippen molar-refractivity contribution in [3.63, 3.8) is 0 Å². The number of pyridine rings is 4. The summed E-state index contributed by atoms with van der Waals surface area (Å²) in [6.45, 7) is 48.2. The number of nitrogens with zero attached hydrogens (tertiary/aromatic N) is 7. The number of hydrogen-bond donors (Lipinski definition) is 3. The van der Waals surface area contributed by atoms with Crippen molar-refractivity contribution in [1.82, 2.24) is 19.8 Å². The van der Waals surface area contributed by atoms with Gasteiger partial charge in [0.25, 0.3) is 0 Å². The van der Waals surface area contributed by atoms with Gasteiger partial charge in [-0.05, 0) is 131 Å². The summed E-state index contributed by atoms with van der Waals surface area (Å²) in [7, 11) is 23.1. The molecule has 2 aromatic carbocycles. The number of likely N-dealkylation sites (N-methyl/N-ethyl adjacent to an activating group) is 2. The summed E-state index contributed by atoms with van der Waals surface area (Å²) in [5.74, 6) is 3.62. The Bertz CT molecular complexity index is 2930. The van der Waals surface area contributed by atoms with Crippen LogP contribution in [-0.2, 0) is 67.2 Å². The molecule has 4 aromatic heterocycles. The molecule has 0 fully saturated rings. The van der Waals surface area contributed by atoms with Gasteiger partial charge in [0.2, 0.25) is 0 Å². The fourth-order valence-corrected chi connectivity index (χ4v) is 8.31. The molecule has 0 radical (unpaired) electrons. The number of aryl methyl sites for hydroxylation is 4. The summed E-state index contributed by atoms with van der Waals surface area (Å²) >= 11 is 0. The van der Waals surface area contributed by atoms with E-state index in [0.717, 1.165) is 103 Å². The molecule has 0 atom stereocenters. The van der Waals surface area contributed by atoms with Gasteiger partial charge in [-0.3, -0.25) is 9.78 Å². The number of hydrogen-bond acceptors (Lipinski definition) is 20. The quantitative estimate of drug-likeness (QED) is 0.0186. The van der Waals surface area contributed by atoms with Crippen LogP contribution in [0.4, 0.5) is 0 Å². The fraction of sp³-hybridized carbons (Fsp3) is 0.632. The molecule has 0 spiro atoms. The van der Waals surface area contributed by atoms with Crippen LogP contribution in [0.1, 0.15) is 114 Å². The van der Waals surface area contributed by atoms with Crippen LogP contribution in [0.3, 0.4) is 0 Å². The number of nitrogens with one attached hydrogen (secondary N) is 1. The normalized spacial score (nSPS) is 10.1. The van der Waals surface area contributed by atoms with Crippen molar-refractivity contribution in [2.24, 2.45) is 0 Å². The molecular weight excluding hydrogens is 1460 g/mol. The first-order valence-corrected chi connectivity index (χ1v) is 41.3. The number of methoxy groups -OCH3 is 8. The number of phenols is 1. The second-order valence-corrected chi connectivity index (χ2v) is 27.9. The fourth-order valence-electron chi connectivity index (χ4n) is 7.14. The zero-order chi connectivity index (χ0) is 87.3. The van der Waals surface area contributed by atoms with Gasteiger partial charge in [0.05, 0.1) is 98.2 Å². The molecule has 0 saturated carbocycles. The molecule has 4 heterocycles. The molecule has 6 aromatic rings. The summed E-state index contributed by atoms with van der Waals surface area (Å²) in [6.07, 6.45) is 17.8. The van der Waals surface area contributed by atoms with Crippen molar-refractivity contribution in [2.75, 3.05) is 243 Å². The maximum atomic E-state index is 11.6. The molecule has 656 valence electrons. The lowest BCUT2D eigenvalue weighted by Crippen LogP contribution is -2.41. The van der Waals surface area contributed by atoms with Crippen LogP contribution in [0.25, 0.3) is 0 Å². The van der Waals surface area contributed by atoms with E-state index in [4.69, 9.17) is 61.9 Å². The number of ether oxygens (including phenoxy) is 12. The Kier molecular flexibility index (Phi) is 92.7. The van der Waals surface area contributed by atoms with Crippen molar-refractivity contribution < 1.29 is 93.6 Å². The number of phenolic OH excluding ortho intramolecular Hbond substituents is 1. The van der Waals surface area contributed by atoms with Crippen LogP contribution < -0.4 is 33.5 Å². The average Bonchev–Trinajstić information content (AvgIpc) is 0.844. The topological polar surface area (TPSA) is 245 Å². The van der Waals surface area contributed by atoms with E-state index >= 15 is 0 Å². The lowest BCUT2D eigenvalue weighted by Gasteiger charge is -2.27. The maximum absolute atomic E-state index is 11.6. The van der Waals surface area contributed by atoms with Crippen molar-refractivity contribution in [3.05, 3.63) is 162 Å². The van der Waals surface area contributed by atoms with Crippen LogP contribution in [0.2, 0.25) is 0 Å². The number of aromatic nitrogens is 4. The molecule has 0 aliphatic rings. The van der Waals surface area contributed by atoms with E-state index in [2.05, 4.69) is 147 Å². The highest BCUT2D eigenvalue weighted by Gasteiger charge is 2.14. The molecule has 113 heavy (non-hydrogen) atoms. The second kappa shape index (κ2) is 87.7. The number of aliphatic hydroxyl groups excluding tert-OH is 1. The Morgan fingerprint density at radius 1 is 0.460 bits per heavy atom. The second-order valence-electron chi connectivity index (χ2n) is 25.7. The lowest BCUT2D eigenvalue weighted by molar-refractivity contribution is -0.888. The standard InChI is InChI=1S/C11H16O3.2C10H16NO2.C10H14O3S.C8H11NO2.2C7H18NO.C6H15N.C5H5NO.C4H11N.C4H10O.C3H8.C2H6O/c1-3-9-4-5-10(8-11(9)12)14-7-6-13-2;2*1-3-11-6-4-10(5-7-11)13-9-8-12-2;1-9-3-5-10(6-4-9)14(11,12)8-7-13-2;1-10-6-7-11-8-2-4-9-5-3-8;2*1-5-8(2,3)6-7-9-4;1-4-7(5-2)6-3;7-5-1-3-6-4-2-5;1-4-5(2)3;1-3-4-5-2;1-3-2;1-2-3/h4-5,8,12H,3,6-7H2,1-2H3;2*4-7H,3,8-9H2,1-2H3;3-6H,7-8H2,1-2H3;2-5H,6-7H2,1H3;2*5-7H2,1-4H3;4-6H2,1-3H3;1-4H,(H,6,7);4H2,1-3H3;3-4H2,1-2H3;3H2,1-2H3;3H,2H2,1H3/q;2*+1;;;2*+1;;;;;;. The summed E-state index contributed by atoms with van der Waals surface area (Å²) in [5.41, 5.74) is 2.03. The molecule has 0 amide bonds. The number of aromatic amines is 1. The third-order valence-corrected chi connectivity index (χ3v) is 17.0. The van der Waals surface area contributed by atoms with E-state index in [1.807, 2.05) is 87.2 Å². The molecule has 0 aliphatic carbocycles. The summed E-state index contributed by atoms with van der Waals surface area (Å²) in [5, 5.41) is 17.1. The minimum atomic E-state index is -3.16. The Hall–Kier alpha value is -6.73. The molecule has 0 unspecified atom stereocenters. The van der Waals surface area contributed by atoms with Gasteiger partial charge in [0.1, 0.15) is 81.4 Å². The van der Waals surface area contributed by atoms with Crippen molar-refractivity contribution in [1.29, 1.82) is 0 Å². The molecule has 3 N–H and O–H groups in total. The average molecular weight is 1630 g/mol. The van der Waals surface area contributed by atoms with Gasteiger partial charge < -0.3 is 90.8 Å². The van der Waals surface area contributed by atoms with Crippen molar-refractivity contribution in [2.45, 2.75) is 134 Å². The predicted molar refractivity (Wildman–Crippen MR) is 465 cm³/mol. The van der Waals surface area contributed by atoms with Crippen LogP contribution in [0.5, 0.6) is 28.7 Å². The van der Waals surface area contributed by atoms with Gasteiger partial charge in [-0.25, -0.2) is 17.6 Å². The minimum absolute atomic E-state index is 0.0343. The smallest absolute Gasteiger partial charge is 0.181 e. The van der Waals surface area contributed by atoms with E-state index < -0.39 is 9.84 Å². The van der Waals surface area contributed by atoms with Crippen LogP contribution >= 0.6 is 0 Å². The summed E-state index contributed by atoms with van der Waals surface area (Å²) in [4.78, 5) is 21.7. The van der Waals surface area contributed by atoms with E-state index in [1.165, 1.54) is 58.4 Å². The molecular formula is C87H164N8O17S+4. The number of aliphatic hydroxyl groups is 1. The first kappa shape index (κ1) is 120. The first-order valence-electron chi connectivity index (χ1n) is 39.7. The Balaban J connectivity index is -0.000000220. The lowest BCUT2D eigenvalue weighted by atomic mass is 10.1. The largest absolute Gasteiger partial charge is 0.508 e. The number of benzene rings is 2. The van der Waals surface area contributed by atoms with Crippen molar-refractivity contribution in [3.8, 4) is 28.7 Å². The minimum Gasteiger partial charge on any atom is -0.508 e. The number of H-pyrrole nitrogens is 1. The third kappa shape index (κ3) is 84.5. The first-order chi connectivity index (χ1) is 54.0. The monoisotopic (exact) mass is 1630 g/mol. The summed E-state index contributed by atoms with van der Waals surface area (Å²) < 4.78 is 89.7. The molecule has 26 heteroatoms. The van der Waals surface area contributed by atoms with E-state index in [-0.39, 0.29) is 24.4 Å². The van der Waals surface area contributed by atoms with E-state index in [1.54, 1.807) is 112 Å². The summed E-state index contributed by atoms with van der Waals surface area (Å²) in [6, 6.07) is 26.6. The zero-order valence-corrected chi connectivity index (χ0v) is 76.7.